The third-order valence-corrected chi connectivity index (χ3v) is 7.13. The average molecular weight is 695 g/mol. The molecule has 186 valence electrons. The van der Waals surface area contributed by atoms with Crippen LogP contribution in [-0.4, -0.2) is 23.3 Å². The number of carboxylic acid groups (broad SMARTS) is 1. The van der Waals surface area contributed by atoms with Gasteiger partial charge in [0.15, 0.2) is 0 Å². The van der Waals surface area contributed by atoms with E-state index in [4.69, 9.17) is 4.74 Å². The standard InChI is InChI=1S/C24H33O4.C4H7O.U/c1-14(2)17-12-16-8-9-19-23(5,6)10-7-11-24(19,22(26)27)20(16)18(13-17)28-21(25)15(3)4;1-4(2)3-5;/h12,14-15,19H,7-11H2,1-6H3,(H,26,27);4H,1-2H3;/q2*-1;+2. The molecule has 0 heterocycles. The Kier molecular flexibility index (Phi) is 11.1. The summed E-state index contributed by atoms with van der Waals surface area (Å²) >= 11 is 0. The van der Waals surface area contributed by atoms with Gasteiger partial charge in [0.25, 0.3) is 0 Å². The molecule has 5 nitrogen and oxygen atoms in total. The maximum Gasteiger partial charge on any atom is 2.00 e. The largest absolute Gasteiger partial charge is 2.00 e. The van der Waals surface area contributed by atoms with Gasteiger partial charge in [0.2, 0.25) is 0 Å². The number of benzene rings is 1. The minimum atomic E-state index is -1.01. The minimum Gasteiger partial charge on any atom is -0.542 e. The first-order valence-electron chi connectivity index (χ1n) is 12.2. The van der Waals surface area contributed by atoms with Crippen LogP contribution in [0.25, 0.3) is 0 Å². The SMILES string of the molecule is CC(C)C(=O)Oc1[c-]c(C(C)C)cc2c1C1(C(=O)O)CCCC(C)(C)C1CC2.CC(C)[C-]=O.[U+2]. The van der Waals surface area contributed by atoms with E-state index in [1.807, 2.05) is 0 Å². The maximum absolute atomic E-state index is 12.8. The van der Waals surface area contributed by atoms with E-state index < -0.39 is 11.4 Å². The molecule has 1 fully saturated rings. The summed E-state index contributed by atoms with van der Waals surface area (Å²) in [5, 5.41) is 10.5. The number of ether oxygens (including phenoxy) is 1. The van der Waals surface area contributed by atoms with Gasteiger partial charge in [0, 0.05) is 5.75 Å². The molecule has 34 heavy (non-hydrogen) atoms. The Morgan fingerprint density at radius 2 is 1.74 bits per heavy atom. The maximum atomic E-state index is 12.8. The Labute approximate surface area is 229 Å². The van der Waals surface area contributed by atoms with Crippen LogP contribution in [0.2, 0.25) is 0 Å². The number of rotatable bonds is 5. The zero-order valence-corrected chi connectivity index (χ0v) is 26.2. The van der Waals surface area contributed by atoms with Gasteiger partial charge in [-0.05, 0) is 42.9 Å². The summed E-state index contributed by atoms with van der Waals surface area (Å²) in [6, 6.07) is 5.38. The van der Waals surface area contributed by atoms with Crippen LogP contribution in [0, 0.1) is 60.3 Å². The van der Waals surface area contributed by atoms with Gasteiger partial charge in [-0.1, -0.05) is 67.4 Å². The number of carbonyl (C=O) groups is 2. The van der Waals surface area contributed by atoms with Gasteiger partial charge in [0.1, 0.15) is 0 Å². The molecule has 0 amide bonds. The van der Waals surface area contributed by atoms with E-state index in [1.165, 1.54) is 0 Å². The fraction of sp³-hybridized carbons (Fsp3) is 0.679. The molecular weight excluding hydrogens is 654 g/mol. The zero-order chi connectivity index (χ0) is 25.1. The van der Waals surface area contributed by atoms with E-state index in [-0.39, 0.29) is 66.2 Å². The number of hydrogen-bond donors (Lipinski definition) is 1. The Hall–Kier alpha value is -1.12. The van der Waals surface area contributed by atoms with Crippen molar-refractivity contribution in [3.05, 3.63) is 28.8 Å². The molecule has 6 heteroatoms. The first-order valence-corrected chi connectivity index (χ1v) is 12.2. The van der Waals surface area contributed by atoms with Crippen molar-refractivity contribution in [3.63, 3.8) is 0 Å². The normalized spacial score (nSPS) is 22.6. The molecule has 0 saturated heterocycles. The second kappa shape index (κ2) is 12.2. The van der Waals surface area contributed by atoms with E-state index in [1.54, 1.807) is 34.0 Å². The van der Waals surface area contributed by atoms with E-state index >= 15 is 0 Å². The molecule has 3 rings (SSSR count). The molecule has 0 radical (unpaired) electrons. The van der Waals surface area contributed by atoms with Gasteiger partial charge in [-0.2, -0.15) is 11.6 Å². The monoisotopic (exact) mass is 694 g/mol. The van der Waals surface area contributed by atoms with E-state index in [2.05, 4.69) is 39.8 Å². The molecule has 0 bridgehead atoms. The van der Waals surface area contributed by atoms with Gasteiger partial charge >= 0.3 is 43.1 Å². The van der Waals surface area contributed by atoms with Crippen LogP contribution < -0.4 is 4.74 Å². The minimum absolute atomic E-state index is 0. The molecule has 2 aliphatic carbocycles. The van der Waals surface area contributed by atoms with E-state index in [0.29, 0.717) is 17.7 Å². The zero-order valence-electron chi connectivity index (χ0n) is 22.0. The molecule has 0 aliphatic heterocycles. The molecule has 2 unspecified atom stereocenters. The molecule has 1 aromatic carbocycles. The topological polar surface area (TPSA) is 80.7 Å². The van der Waals surface area contributed by atoms with Crippen molar-refractivity contribution < 1.29 is 55.3 Å². The summed E-state index contributed by atoms with van der Waals surface area (Å²) in [5.41, 5.74) is 1.63. The molecule has 2 atom stereocenters. The number of carbonyl (C=O) groups excluding carboxylic acids is 2. The summed E-state index contributed by atoms with van der Waals surface area (Å²) in [7, 11) is 0. The summed E-state index contributed by atoms with van der Waals surface area (Å²) in [6.07, 6.45) is 5.92. The predicted molar refractivity (Wildman–Crippen MR) is 129 cm³/mol. The second-order valence-electron chi connectivity index (χ2n) is 11.2. The van der Waals surface area contributed by atoms with Gasteiger partial charge in [-0.3, -0.25) is 15.9 Å². The van der Waals surface area contributed by atoms with Crippen molar-refractivity contribution in [3.8, 4) is 5.75 Å². The molecule has 1 saturated carbocycles. The second-order valence-corrected chi connectivity index (χ2v) is 11.2. The van der Waals surface area contributed by atoms with Crippen molar-refractivity contribution in [2.45, 2.75) is 98.8 Å². The number of hydrogen-bond acceptors (Lipinski definition) is 4. The average Bonchev–Trinajstić information content (AvgIpc) is 2.72. The van der Waals surface area contributed by atoms with Crippen LogP contribution in [0.1, 0.15) is 104 Å². The van der Waals surface area contributed by atoms with Crippen LogP contribution in [-0.2, 0) is 26.2 Å². The molecule has 2 aliphatic rings. The number of aliphatic carboxylic acids is 1. The number of carboxylic acids is 1. The Bertz CT molecular complexity index is 887. The molecule has 1 N–H and O–H groups in total. The summed E-state index contributed by atoms with van der Waals surface area (Å²) in [6.45, 7) is 15.7. The molecule has 1 aromatic rings. The fourth-order valence-corrected chi connectivity index (χ4v) is 5.37. The third-order valence-electron chi connectivity index (χ3n) is 7.13. The van der Waals surface area contributed by atoms with Crippen molar-refractivity contribution in [1.29, 1.82) is 0 Å². The first-order chi connectivity index (χ1) is 15.3. The number of aryl methyl sites for hydroxylation is 1. The van der Waals surface area contributed by atoms with Crippen LogP contribution in [0.3, 0.4) is 0 Å². The smallest absolute Gasteiger partial charge is 0.542 e. The van der Waals surface area contributed by atoms with Crippen LogP contribution in [0.5, 0.6) is 5.75 Å². The first kappa shape index (κ1) is 30.9. The molecule has 0 spiro atoms. The van der Waals surface area contributed by atoms with Crippen molar-refractivity contribution in [2.24, 2.45) is 23.2 Å². The summed E-state index contributed by atoms with van der Waals surface area (Å²) in [4.78, 5) is 34.6. The van der Waals surface area contributed by atoms with Gasteiger partial charge < -0.3 is 14.6 Å². The van der Waals surface area contributed by atoms with Crippen molar-refractivity contribution in [1.82, 2.24) is 0 Å². The van der Waals surface area contributed by atoms with Gasteiger partial charge in [0.05, 0.1) is 11.3 Å². The fourth-order valence-electron chi connectivity index (χ4n) is 5.37. The summed E-state index contributed by atoms with van der Waals surface area (Å²) in [5.74, 6) is -0.734. The van der Waals surface area contributed by atoms with Gasteiger partial charge in [-0.15, -0.1) is 17.5 Å². The van der Waals surface area contributed by atoms with Crippen molar-refractivity contribution >= 4 is 18.2 Å². The summed E-state index contributed by atoms with van der Waals surface area (Å²) < 4.78 is 5.80. The third kappa shape index (κ3) is 6.35. The molecular formula is C28H40O5U. The van der Waals surface area contributed by atoms with Crippen LogP contribution in [0.4, 0.5) is 0 Å². The Morgan fingerprint density at radius 3 is 2.21 bits per heavy atom. The predicted octanol–water partition coefficient (Wildman–Crippen LogP) is 6.02. The van der Waals surface area contributed by atoms with Crippen molar-refractivity contribution in [2.75, 3.05) is 0 Å². The molecule has 0 aromatic heterocycles. The van der Waals surface area contributed by atoms with E-state index in [0.717, 1.165) is 36.8 Å². The van der Waals surface area contributed by atoms with Crippen LogP contribution in [0.15, 0.2) is 6.07 Å². The quantitative estimate of drug-likeness (QED) is 0.232. The Morgan fingerprint density at radius 1 is 1.15 bits per heavy atom. The number of esters is 1. The number of fused-ring (bicyclic) bond motifs is 3. The van der Waals surface area contributed by atoms with Gasteiger partial charge in [-0.25, -0.2) is 0 Å². The van der Waals surface area contributed by atoms with Crippen LogP contribution >= 0.6 is 0 Å². The Balaban J connectivity index is 0.000000873. The van der Waals surface area contributed by atoms with E-state index in [9.17, 15) is 19.5 Å².